The molecule has 2 heterocycles. The van der Waals surface area contributed by atoms with Gasteiger partial charge in [-0.25, -0.2) is 0 Å². The first kappa shape index (κ1) is 28.7. The molecule has 0 aliphatic carbocycles. The first-order valence-electron chi connectivity index (χ1n) is 13.1. The highest BCUT2D eigenvalue weighted by Crippen LogP contribution is 2.22. The summed E-state index contributed by atoms with van der Waals surface area (Å²) in [5.41, 5.74) is 2.88. The van der Waals surface area contributed by atoms with Crippen LogP contribution in [0.2, 0.25) is 0 Å². The predicted octanol–water partition coefficient (Wildman–Crippen LogP) is 5.45. The van der Waals surface area contributed by atoms with Crippen LogP contribution in [0.3, 0.4) is 0 Å². The molecule has 2 aromatic carbocycles. The summed E-state index contributed by atoms with van der Waals surface area (Å²) in [6.45, 7) is 14.2. The molecule has 2 aliphatic rings. The maximum absolute atomic E-state index is 2.65. The van der Waals surface area contributed by atoms with E-state index in [1.54, 1.807) is 0 Å². The Morgan fingerprint density at radius 2 is 0.833 bits per heavy atom. The standard InChI is InChI=1S/C28H42N4S4/c1-33-27-7-3-25(4-8-27)23-31-15-11-29(12-16-31)19-21-35-36-22-20-30-13-17-32(18-14-30)24-26-5-9-28(34-2)10-6-26/h3-10H,11-24H2,1-2H3. The highest BCUT2D eigenvalue weighted by atomic mass is 33.1. The van der Waals surface area contributed by atoms with E-state index in [0.29, 0.717) is 0 Å². The van der Waals surface area contributed by atoms with Crippen LogP contribution in [0.4, 0.5) is 0 Å². The summed E-state index contributed by atoms with van der Waals surface area (Å²) in [5.74, 6) is 2.48. The van der Waals surface area contributed by atoms with E-state index < -0.39 is 0 Å². The smallest absolute Gasteiger partial charge is 0.0234 e. The van der Waals surface area contributed by atoms with Gasteiger partial charge in [-0.3, -0.25) is 19.6 Å². The second kappa shape index (κ2) is 15.9. The zero-order chi connectivity index (χ0) is 25.0. The molecule has 0 bridgehead atoms. The van der Waals surface area contributed by atoms with Crippen molar-refractivity contribution in [2.24, 2.45) is 0 Å². The topological polar surface area (TPSA) is 13.0 Å². The van der Waals surface area contributed by atoms with Crippen LogP contribution in [0.25, 0.3) is 0 Å². The average molecular weight is 563 g/mol. The Balaban J connectivity index is 0.995. The summed E-state index contributed by atoms with van der Waals surface area (Å²) in [6.07, 6.45) is 4.28. The van der Waals surface area contributed by atoms with E-state index in [1.165, 1.54) is 97.9 Å². The van der Waals surface area contributed by atoms with Crippen molar-refractivity contribution < 1.29 is 0 Å². The fraction of sp³-hybridized carbons (Fsp3) is 0.571. The molecule has 0 amide bonds. The van der Waals surface area contributed by atoms with Crippen LogP contribution >= 0.6 is 45.1 Å². The van der Waals surface area contributed by atoms with Gasteiger partial charge in [-0.2, -0.15) is 0 Å². The Morgan fingerprint density at radius 1 is 0.500 bits per heavy atom. The minimum atomic E-state index is 1.09. The van der Waals surface area contributed by atoms with Gasteiger partial charge in [0.2, 0.25) is 0 Å². The molecule has 2 aliphatic heterocycles. The van der Waals surface area contributed by atoms with E-state index in [9.17, 15) is 0 Å². The Kier molecular flexibility index (Phi) is 12.7. The number of hydrogen-bond acceptors (Lipinski definition) is 8. The minimum Gasteiger partial charge on any atom is -0.300 e. The number of benzene rings is 2. The molecule has 4 rings (SSSR count). The highest BCUT2D eigenvalue weighted by molar-refractivity contribution is 8.76. The number of nitrogens with zero attached hydrogens (tertiary/aromatic N) is 4. The van der Waals surface area contributed by atoms with Crippen LogP contribution in [0.15, 0.2) is 58.3 Å². The minimum absolute atomic E-state index is 1.09. The first-order chi connectivity index (χ1) is 17.7. The highest BCUT2D eigenvalue weighted by Gasteiger charge is 2.18. The molecule has 2 aromatic rings. The third kappa shape index (κ3) is 9.77. The van der Waals surface area contributed by atoms with Crippen molar-refractivity contribution in [2.45, 2.75) is 22.9 Å². The molecular weight excluding hydrogens is 521 g/mol. The molecule has 0 atom stereocenters. The van der Waals surface area contributed by atoms with E-state index in [2.05, 4.69) is 102 Å². The molecule has 0 saturated carbocycles. The lowest BCUT2D eigenvalue weighted by Gasteiger charge is -2.35. The predicted molar refractivity (Wildman–Crippen MR) is 165 cm³/mol. The molecule has 4 nitrogen and oxygen atoms in total. The molecule has 2 fully saturated rings. The molecule has 0 radical (unpaired) electrons. The largest absolute Gasteiger partial charge is 0.300 e. The summed E-state index contributed by atoms with van der Waals surface area (Å²) in [4.78, 5) is 13.2. The van der Waals surface area contributed by atoms with Crippen LogP contribution in [-0.4, -0.2) is 109 Å². The van der Waals surface area contributed by atoms with Crippen molar-refractivity contribution in [1.29, 1.82) is 0 Å². The van der Waals surface area contributed by atoms with Gasteiger partial charge < -0.3 is 0 Å². The fourth-order valence-electron chi connectivity index (χ4n) is 4.77. The van der Waals surface area contributed by atoms with Gasteiger partial charge in [0.15, 0.2) is 0 Å². The van der Waals surface area contributed by atoms with Crippen molar-refractivity contribution in [3.63, 3.8) is 0 Å². The van der Waals surface area contributed by atoms with Gasteiger partial charge in [0.05, 0.1) is 0 Å². The normalized spacial score (nSPS) is 18.6. The summed E-state index contributed by atoms with van der Waals surface area (Å²) in [5, 5.41) is 0. The van der Waals surface area contributed by atoms with Crippen LogP contribution in [0, 0.1) is 0 Å². The summed E-state index contributed by atoms with van der Waals surface area (Å²) in [6, 6.07) is 18.1. The molecule has 36 heavy (non-hydrogen) atoms. The van der Waals surface area contributed by atoms with Crippen LogP contribution < -0.4 is 0 Å². The number of hydrogen-bond donors (Lipinski definition) is 0. The van der Waals surface area contributed by atoms with E-state index in [4.69, 9.17) is 0 Å². The lowest BCUT2D eigenvalue weighted by atomic mass is 10.2. The van der Waals surface area contributed by atoms with Gasteiger partial charge >= 0.3 is 0 Å². The van der Waals surface area contributed by atoms with Crippen LogP contribution in [-0.2, 0) is 13.1 Å². The second-order valence-electron chi connectivity index (χ2n) is 9.58. The van der Waals surface area contributed by atoms with E-state index >= 15 is 0 Å². The molecule has 0 N–H and O–H groups in total. The molecule has 0 spiro atoms. The van der Waals surface area contributed by atoms with E-state index in [1.807, 2.05) is 23.5 Å². The number of thioether (sulfide) groups is 2. The van der Waals surface area contributed by atoms with Gasteiger partial charge in [0, 0.05) is 99.8 Å². The maximum atomic E-state index is 2.65. The number of piperazine rings is 2. The molecular formula is C28H42N4S4. The maximum Gasteiger partial charge on any atom is 0.0234 e. The summed E-state index contributed by atoms with van der Waals surface area (Å²) in [7, 11) is 4.14. The van der Waals surface area contributed by atoms with Crippen molar-refractivity contribution >= 4 is 45.1 Å². The first-order valence-corrected chi connectivity index (χ1v) is 18.1. The molecule has 8 heteroatoms. The third-order valence-corrected chi connectivity index (χ3v) is 11.0. The van der Waals surface area contributed by atoms with Gasteiger partial charge in [0.1, 0.15) is 0 Å². The number of rotatable bonds is 13. The molecule has 0 unspecified atom stereocenters. The molecule has 198 valence electrons. The fourth-order valence-corrected chi connectivity index (χ4v) is 7.64. The summed E-state index contributed by atoms with van der Waals surface area (Å²) < 4.78 is 0. The van der Waals surface area contributed by atoms with Crippen molar-refractivity contribution in [2.75, 3.05) is 89.5 Å². The Bertz CT molecular complexity index is 791. The van der Waals surface area contributed by atoms with Gasteiger partial charge in [-0.05, 0) is 47.9 Å². The van der Waals surface area contributed by atoms with Crippen LogP contribution in [0.5, 0.6) is 0 Å². The lowest BCUT2D eigenvalue weighted by Crippen LogP contribution is -2.46. The van der Waals surface area contributed by atoms with Gasteiger partial charge in [-0.1, -0.05) is 45.9 Å². The van der Waals surface area contributed by atoms with E-state index in [-0.39, 0.29) is 0 Å². The average Bonchev–Trinajstić information content (AvgIpc) is 2.93. The van der Waals surface area contributed by atoms with Crippen LogP contribution in [0.1, 0.15) is 11.1 Å². The second-order valence-corrected chi connectivity index (χ2v) is 14.0. The summed E-state index contributed by atoms with van der Waals surface area (Å²) >= 11 is 3.63. The quantitative estimate of drug-likeness (QED) is 0.179. The Morgan fingerprint density at radius 3 is 1.17 bits per heavy atom. The SMILES string of the molecule is CSc1ccc(CN2CCN(CCSSCCN3CCN(Cc4ccc(SC)cc4)CC3)CC2)cc1. The van der Waals surface area contributed by atoms with Crippen molar-refractivity contribution in [3.05, 3.63) is 59.7 Å². The Hall–Kier alpha value is -0.320. The third-order valence-electron chi connectivity index (χ3n) is 7.13. The molecule has 2 saturated heterocycles. The van der Waals surface area contributed by atoms with Gasteiger partial charge in [-0.15, -0.1) is 23.5 Å². The van der Waals surface area contributed by atoms with Crippen molar-refractivity contribution in [3.8, 4) is 0 Å². The monoisotopic (exact) mass is 562 g/mol. The molecule has 0 aromatic heterocycles. The van der Waals surface area contributed by atoms with E-state index in [0.717, 1.165) is 13.1 Å². The lowest BCUT2D eigenvalue weighted by molar-refractivity contribution is 0.132. The van der Waals surface area contributed by atoms with Crippen molar-refractivity contribution in [1.82, 2.24) is 19.6 Å². The zero-order valence-corrected chi connectivity index (χ0v) is 25.2. The van der Waals surface area contributed by atoms with Gasteiger partial charge in [0.25, 0.3) is 0 Å². The zero-order valence-electron chi connectivity index (χ0n) is 21.9. The Labute approximate surface area is 235 Å².